The Kier molecular flexibility index (Phi) is 13.1. The maximum atomic E-state index is 13.9. The van der Waals surface area contributed by atoms with Crippen molar-refractivity contribution in [3.05, 3.63) is 100 Å². The van der Waals surface area contributed by atoms with E-state index in [1.807, 2.05) is 73.7 Å². The van der Waals surface area contributed by atoms with Crippen LogP contribution in [0.2, 0.25) is 0 Å². The number of carbonyl (C=O) groups excluding carboxylic acids is 2. The zero-order chi connectivity index (χ0) is 30.5. The molecule has 1 N–H and O–H groups in total. The number of nitrogens with one attached hydrogen (secondary N) is 1. The molecule has 1 atom stereocenters. The van der Waals surface area contributed by atoms with Gasteiger partial charge in [-0.15, -0.1) is 0 Å². The van der Waals surface area contributed by atoms with Crippen molar-refractivity contribution in [3.8, 4) is 0 Å². The molecule has 0 aliphatic heterocycles. The van der Waals surface area contributed by atoms with E-state index in [0.29, 0.717) is 25.1 Å². The van der Waals surface area contributed by atoms with Crippen molar-refractivity contribution in [2.45, 2.75) is 65.0 Å². The first-order valence-electron chi connectivity index (χ1n) is 14.5. The van der Waals surface area contributed by atoms with E-state index >= 15 is 0 Å². The predicted octanol–water partition coefficient (Wildman–Crippen LogP) is 6.11. The van der Waals surface area contributed by atoms with Crippen molar-refractivity contribution in [1.29, 1.82) is 0 Å². The smallest absolute Gasteiger partial charge is 0.243 e. The molecule has 0 radical (unpaired) electrons. The molecule has 0 saturated heterocycles. The number of sulfonamides is 1. The Balaban J connectivity index is 1.86. The first-order chi connectivity index (χ1) is 20.1. The number of rotatable bonds is 16. The Morgan fingerprint density at radius 3 is 2.19 bits per heavy atom. The molecular formula is C33H42BrN3O4S. The monoisotopic (exact) mass is 655 g/mol. The molecule has 0 unspecified atom stereocenters. The minimum atomic E-state index is -3.55. The summed E-state index contributed by atoms with van der Waals surface area (Å²) in [5.41, 5.74) is 3.54. The number of amides is 2. The summed E-state index contributed by atoms with van der Waals surface area (Å²) in [5, 5.41) is 3.03. The lowest BCUT2D eigenvalue weighted by Crippen LogP contribution is -2.50. The molecule has 0 spiro atoms. The summed E-state index contributed by atoms with van der Waals surface area (Å²) in [6.45, 7) is 5.07. The van der Waals surface area contributed by atoms with E-state index in [1.54, 1.807) is 17.0 Å². The van der Waals surface area contributed by atoms with Crippen LogP contribution in [-0.2, 0) is 39.0 Å². The van der Waals surface area contributed by atoms with Crippen LogP contribution in [-0.4, -0.2) is 50.5 Å². The Bertz CT molecular complexity index is 1400. The number of anilines is 1. The van der Waals surface area contributed by atoms with E-state index < -0.39 is 16.1 Å². The molecule has 3 aromatic rings. The highest BCUT2D eigenvalue weighted by atomic mass is 79.9. The van der Waals surface area contributed by atoms with Gasteiger partial charge in [-0.3, -0.25) is 13.9 Å². The molecule has 3 rings (SSSR count). The molecule has 0 bridgehead atoms. The average molecular weight is 657 g/mol. The molecule has 0 saturated carbocycles. The first kappa shape index (κ1) is 33.3. The van der Waals surface area contributed by atoms with Gasteiger partial charge in [-0.25, -0.2) is 8.42 Å². The molecule has 0 aliphatic rings. The maximum Gasteiger partial charge on any atom is 0.243 e. The number of aryl methyl sites for hydroxylation is 1. The number of hydrogen-bond acceptors (Lipinski definition) is 4. The fraction of sp³-hybridized carbons (Fsp3) is 0.394. The summed E-state index contributed by atoms with van der Waals surface area (Å²) >= 11 is 3.51. The van der Waals surface area contributed by atoms with Crippen LogP contribution < -0.4 is 9.62 Å². The second-order valence-corrected chi connectivity index (χ2v) is 13.3. The van der Waals surface area contributed by atoms with Gasteiger partial charge in [0.25, 0.3) is 0 Å². The summed E-state index contributed by atoms with van der Waals surface area (Å²) < 4.78 is 27.6. The summed E-state index contributed by atoms with van der Waals surface area (Å²) in [6, 6.07) is 24.1. The maximum absolute atomic E-state index is 13.9. The Labute approximate surface area is 259 Å². The molecule has 7 nitrogen and oxygen atoms in total. The molecular weight excluding hydrogens is 614 g/mol. The molecule has 3 aromatic carbocycles. The highest BCUT2D eigenvalue weighted by molar-refractivity contribution is 9.10. The lowest BCUT2D eigenvalue weighted by Gasteiger charge is -2.32. The van der Waals surface area contributed by atoms with E-state index in [-0.39, 0.29) is 31.3 Å². The highest BCUT2D eigenvalue weighted by Gasteiger charge is 2.30. The molecule has 0 heterocycles. The van der Waals surface area contributed by atoms with Crippen LogP contribution in [0.4, 0.5) is 5.69 Å². The predicted molar refractivity (Wildman–Crippen MR) is 174 cm³/mol. The molecule has 0 fully saturated rings. The van der Waals surface area contributed by atoms with Crippen molar-refractivity contribution in [1.82, 2.24) is 10.2 Å². The van der Waals surface area contributed by atoms with E-state index in [9.17, 15) is 18.0 Å². The van der Waals surface area contributed by atoms with Crippen LogP contribution >= 0.6 is 15.9 Å². The third-order valence-electron chi connectivity index (χ3n) is 7.13. The number of carbonyl (C=O) groups is 2. The number of nitrogens with zero attached hydrogens (tertiary/aromatic N) is 2. The standard InChI is InChI=1S/C33H42BrN3O4S/c1-4-6-21-35-33(39)31(24-27-12-8-7-9-13-27)36(25-28-14-10-15-29(34)23-28)32(38)16-11-22-37(42(3,40)41)30-19-17-26(5-2)18-20-30/h7-10,12-15,17-20,23,31H,4-6,11,16,21-22,24-25H2,1-3H3,(H,35,39)/t31-/m1/s1. The minimum Gasteiger partial charge on any atom is -0.354 e. The molecule has 9 heteroatoms. The normalized spacial score (nSPS) is 12.0. The highest BCUT2D eigenvalue weighted by Crippen LogP contribution is 2.22. The van der Waals surface area contributed by atoms with Gasteiger partial charge in [0.1, 0.15) is 6.04 Å². The molecule has 0 aromatic heterocycles. The van der Waals surface area contributed by atoms with E-state index in [2.05, 4.69) is 28.2 Å². The zero-order valence-corrected chi connectivity index (χ0v) is 27.2. The van der Waals surface area contributed by atoms with E-state index in [4.69, 9.17) is 0 Å². The Morgan fingerprint density at radius 2 is 1.57 bits per heavy atom. The number of halogens is 1. The summed E-state index contributed by atoms with van der Waals surface area (Å²) in [5.74, 6) is -0.388. The third kappa shape index (κ3) is 10.3. The fourth-order valence-corrected chi connectivity index (χ4v) is 6.21. The first-order valence-corrected chi connectivity index (χ1v) is 17.2. The van der Waals surface area contributed by atoms with Gasteiger partial charge >= 0.3 is 0 Å². The summed E-state index contributed by atoms with van der Waals surface area (Å²) in [6.07, 6.45) is 4.62. The lowest BCUT2D eigenvalue weighted by molar-refractivity contribution is -0.141. The molecule has 226 valence electrons. The molecule has 2 amide bonds. The van der Waals surface area contributed by atoms with Gasteiger partial charge in [0.15, 0.2) is 0 Å². The second-order valence-electron chi connectivity index (χ2n) is 10.5. The number of hydrogen-bond donors (Lipinski definition) is 1. The van der Waals surface area contributed by atoms with Crippen LogP contribution in [0, 0.1) is 0 Å². The van der Waals surface area contributed by atoms with Crippen molar-refractivity contribution in [3.63, 3.8) is 0 Å². The van der Waals surface area contributed by atoms with Gasteiger partial charge in [0.05, 0.1) is 11.9 Å². The Hall–Kier alpha value is -3.17. The SMILES string of the molecule is CCCCNC(=O)[C@@H](Cc1ccccc1)N(Cc1cccc(Br)c1)C(=O)CCCN(c1ccc(CC)cc1)S(C)(=O)=O. The summed E-state index contributed by atoms with van der Waals surface area (Å²) in [4.78, 5) is 29.1. The largest absolute Gasteiger partial charge is 0.354 e. The van der Waals surface area contributed by atoms with Crippen molar-refractivity contribution < 1.29 is 18.0 Å². The van der Waals surface area contributed by atoms with Gasteiger partial charge in [-0.2, -0.15) is 0 Å². The van der Waals surface area contributed by atoms with Gasteiger partial charge in [-0.05, 0) is 60.2 Å². The third-order valence-corrected chi connectivity index (χ3v) is 8.81. The molecule has 0 aliphatic carbocycles. The van der Waals surface area contributed by atoms with Gasteiger partial charge in [-0.1, -0.05) is 90.8 Å². The summed E-state index contributed by atoms with van der Waals surface area (Å²) in [7, 11) is -3.55. The van der Waals surface area contributed by atoms with E-state index in [1.165, 1.54) is 10.6 Å². The Morgan fingerprint density at radius 1 is 0.881 bits per heavy atom. The quantitative estimate of drug-likeness (QED) is 0.189. The zero-order valence-electron chi connectivity index (χ0n) is 24.8. The minimum absolute atomic E-state index is 0.0978. The van der Waals surface area contributed by atoms with Crippen molar-refractivity contribution >= 4 is 43.5 Å². The molecule has 42 heavy (non-hydrogen) atoms. The van der Waals surface area contributed by atoms with Crippen molar-refractivity contribution in [2.24, 2.45) is 0 Å². The van der Waals surface area contributed by atoms with Gasteiger partial charge in [0.2, 0.25) is 21.8 Å². The van der Waals surface area contributed by atoms with Crippen molar-refractivity contribution in [2.75, 3.05) is 23.7 Å². The number of benzene rings is 3. The number of unbranched alkanes of at least 4 members (excludes halogenated alkanes) is 1. The van der Waals surface area contributed by atoms with Crippen LogP contribution in [0.3, 0.4) is 0 Å². The second kappa shape index (κ2) is 16.5. The topological polar surface area (TPSA) is 86.8 Å². The van der Waals surface area contributed by atoms with Gasteiger partial charge < -0.3 is 10.2 Å². The van der Waals surface area contributed by atoms with Crippen LogP contribution in [0.1, 0.15) is 56.2 Å². The fourth-order valence-electron chi connectivity index (χ4n) is 4.79. The van der Waals surface area contributed by atoms with E-state index in [0.717, 1.165) is 40.4 Å². The lowest BCUT2D eigenvalue weighted by atomic mass is 10.0. The van der Waals surface area contributed by atoms with Crippen LogP contribution in [0.15, 0.2) is 83.3 Å². The van der Waals surface area contributed by atoms with Gasteiger partial charge in [0, 0.05) is 36.9 Å². The van der Waals surface area contributed by atoms with Crippen LogP contribution in [0.5, 0.6) is 0 Å². The average Bonchev–Trinajstić information content (AvgIpc) is 2.97. The van der Waals surface area contributed by atoms with Crippen LogP contribution in [0.25, 0.3) is 0 Å².